The van der Waals surface area contributed by atoms with E-state index in [1.807, 2.05) is 0 Å². The number of hydrogen-bond donors (Lipinski definition) is 3. The average Bonchev–Trinajstić information content (AvgIpc) is 2.15. The van der Waals surface area contributed by atoms with E-state index in [-0.39, 0.29) is 17.6 Å². The minimum absolute atomic E-state index is 0.116. The van der Waals surface area contributed by atoms with E-state index in [1.165, 1.54) is 0 Å². The summed E-state index contributed by atoms with van der Waals surface area (Å²) < 4.78 is 0. The molecule has 2 rings (SSSR count). The Morgan fingerprint density at radius 3 is 2.62 bits per heavy atom. The second-order valence-electron chi connectivity index (χ2n) is 4.00. The van der Waals surface area contributed by atoms with E-state index in [0.717, 1.165) is 38.8 Å². The third kappa shape index (κ3) is 1.56. The van der Waals surface area contributed by atoms with Gasteiger partial charge in [0, 0.05) is 13.1 Å². The fourth-order valence-electron chi connectivity index (χ4n) is 2.23. The lowest BCUT2D eigenvalue weighted by atomic mass is 9.79. The molecule has 1 spiro atoms. The highest BCUT2D eigenvalue weighted by Crippen LogP contribution is 2.29. The summed E-state index contributed by atoms with van der Waals surface area (Å²) in [5.74, 6) is 0.116. The van der Waals surface area contributed by atoms with Crippen molar-refractivity contribution in [3.63, 3.8) is 0 Å². The zero-order chi connectivity index (χ0) is 9.31. The Balaban J connectivity index is 2.06. The predicted molar refractivity (Wildman–Crippen MR) is 48.2 cm³/mol. The van der Waals surface area contributed by atoms with Crippen molar-refractivity contribution in [1.29, 1.82) is 0 Å². The summed E-state index contributed by atoms with van der Waals surface area (Å²) in [6.07, 6.45) is 2.79. The van der Waals surface area contributed by atoms with Crippen molar-refractivity contribution in [2.75, 3.05) is 13.1 Å². The minimum atomic E-state index is -0.364. The van der Waals surface area contributed by atoms with Gasteiger partial charge >= 0.3 is 0 Å². The summed E-state index contributed by atoms with van der Waals surface area (Å²) in [6, 6.07) is 0. The smallest absolute Gasteiger partial charge is 0.240 e. The van der Waals surface area contributed by atoms with Crippen LogP contribution in [0.3, 0.4) is 0 Å². The number of rotatable bonds is 0. The van der Waals surface area contributed by atoms with Crippen LogP contribution in [0.25, 0.3) is 0 Å². The number of nitrogens with one attached hydrogen (secondary N) is 2. The number of aliphatic hydroxyl groups excluding tert-OH is 1. The van der Waals surface area contributed by atoms with Crippen LogP contribution in [-0.2, 0) is 4.79 Å². The summed E-state index contributed by atoms with van der Waals surface area (Å²) in [4.78, 5) is 11.6. The zero-order valence-electron chi connectivity index (χ0n) is 7.68. The first-order chi connectivity index (χ1) is 6.23. The molecule has 74 valence electrons. The van der Waals surface area contributed by atoms with E-state index in [2.05, 4.69) is 10.6 Å². The molecule has 1 aliphatic carbocycles. The lowest BCUT2D eigenvalue weighted by molar-refractivity contribution is -0.131. The fourth-order valence-corrected chi connectivity index (χ4v) is 2.23. The molecule has 0 aromatic rings. The highest BCUT2D eigenvalue weighted by Gasteiger charge is 2.42. The van der Waals surface area contributed by atoms with Crippen molar-refractivity contribution in [3.8, 4) is 0 Å². The van der Waals surface area contributed by atoms with Gasteiger partial charge in [-0.05, 0) is 25.7 Å². The van der Waals surface area contributed by atoms with Crippen molar-refractivity contribution in [2.24, 2.45) is 0 Å². The molecule has 0 atom stereocenters. The summed E-state index contributed by atoms with van der Waals surface area (Å²) in [5.41, 5.74) is -0.364. The molecule has 0 bridgehead atoms. The molecule has 1 heterocycles. The maximum absolute atomic E-state index is 11.6. The van der Waals surface area contributed by atoms with Gasteiger partial charge in [0.1, 0.15) is 0 Å². The Kier molecular flexibility index (Phi) is 2.26. The van der Waals surface area contributed by atoms with Gasteiger partial charge < -0.3 is 15.7 Å². The van der Waals surface area contributed by atoms with Crippen LogP contribution in [-0.4, -0.2) is 35.7 Å². The van der Waals surface area contributed by atoms with Crippen molar-refractivity contribution >= 4 is 5.91 Å². The maximum Gasteiger partial charge on any atom is 0.240 e. The second-order valence-corrected chi connectivity index (χ2v) is 4.00. The largest absolute Gasteiger partial charge is 0.393 e. The van der Waals surface area contributed by atoms with Gasteiger partial charge in [-0.15, -0.1) is 0 Å². The highest BCUT2D eigenvalue weighted by molar-refractivity contribution is 5.87. The van der Waals surface area contributed by atoms with E-state index < -0.39 is 0 Å². The van der Waals surface area contributed by atoms with E-state index in [0.29, 0.717) is 0 Å². The van der Waals surface area contributed by atoms with Crippen LogP contribution in [0.5, 0.6) is 0 Å². The molecule has 2 aliphatic rings. The monoisotopic (exact) mass is 184 g/mol. The number of hydrogen-bond acceptors (Lipinski definition) is 3. The van der Waals surface area contributed by atoms with Crippen LogP contribution >= 0.6 is 0 Å². The SMILES string of the molecule is O=C1NCCNC12CCC(O)CC2. The molecule has 3 N–H and O–H groups in total. The lowest BCUT2D eigenvalue weighted by Crippen LogP contribution is -2.64. The van der Waals surface area contributed by atoms with Crippen molar-refractivity contribution < 1.29 is 9.90 Å². The molecule has 0 aromatic heterocycles. The Morgan fingerprint density at radius 1 is 1.31 bits per heavy atom. The van der Waals surface area contributed by atoms with Crippen LogP contribution in [0.4, 0.5) is 0 Å². The standard InChI is InChI=1S/C9H16N2O2/c12-7-1-3-9(4-2-7)8(13)10-5-6-11-9/h7,11-12H,1-6H2,(H,10,13). The third-order valence-electron chi connectivity index (χ3n) is 3.12. The van der Waals surface area contributed by atoms with Crippen molar-refractivity contribution in [3.05, 3.63) is 0 Å². The molecule has 1 aliphatic heterocycles. The topological polar surface area (TPSA) is 61.4 Å². The van der Waals surface area contributed by atoms with Crippen LogP contribution in [0.15, 0.2) is 0 Å². The third-order valence-corrected chi connectivity index (χ3v) is 3.12. The van der Waals surface area contributed by atoms with E-state index in [9.17, 15) is 9.90 Å². The first-order valence-electron chi connectivity index (χ1n) is 4.94. The molecule has 4 nitrogen and oxygen atoms in total. The summed E-state index contributed by atoms with van der Waals surface area (Å²) >= 11 is 0. The molecular weight excluding hydrogens is 168 g/mol. The molecular formula is C9H16N2O2. The molecule has 0 aromatic carbocycles. The van der Waals surface area contributed by atoms with Gasteiger partial charge in [0.25, 0.3) is 0 Å². The molecule has 13 heavy (non-hydrogen) atoms. The fraction of sp³-hybridized carbons (Fsp3) is 0.889. The summed E-state index contributed by atoms with van der Waals surface area (Å²) in [7, 11) is 0. The summed E-state index contributed by atoms with van der Waals surface area (Å²) in [5, 5.41) is 15.5. The molecule has 4 heteroatoms. The minimum Gasteiger partial charge on any atom is -0.393 e. The highest BCUT2D eigenvalue weighted by atomic mass is 16.3. The Labute approximate surface area is 77.7 Å². The molecule has 0 unspecified atom stereocenters. The predicted octanol–water partition coefficient (Wildman–Crippen LogP) is -0.621. The Bertz CT molecular complexity index is 210. The molecule has 2 fully saturated rings. The quantitative estimate of drug-likeness (QED) is 0.470. The van der Waals surface area contributed by atoms with Crippen molar-refractivity contribution in [1.82, 2.24) is 10.6 Å². The van der Waals surface area contributed by atoms with Gasteiger partial charge in [-0.3, -0.25) is 4.79 Å². The first kappa shape index (κ1) is 8.97. The number of carbonyl (C=O) groups excluding carboxylic acids is 1. The molecule has 1 saturated heterocycles. The first-order valence-corrected chi connectivity index (χ1v) is 4.94. The number of piperazine rings is 1. The van der Waals surface area contributed by atoms with Crippen LogP contribution in [0.1, 0.15) is 25.7 Å². The lowest BCUT2D eigenvalue weighted by Gasteiger charge is -2.41. The van der Waals surface area contributed by atoms with E-state index in [4.69, 9.17) is 0 Å². The zero-order valence-corrected chi connectivity index (χ0v) is 7.68. The number of amides is 1. The Hall–Kier alpha value is -0.610. The van der Waals surface area contributed by atoms with Gasteiger partial charge in [-0.2, -0.15) is 0 Å². The molecule has 1 amide bonds. The molecule has 1 saturated carbocycles. The average molecular weight is 184 g/mol. The van der Waals surface area contributed by atoms with Crippen LogP contribution in [0, 0.1) is 0 Å². The number of carbonyl (C=O) groups is 1. The van der Waals surface area contributed by atoms with Gasteiger partial charge in [0.05, 0.1) is 11.6 Å². The van der Waals surface area contributed by atoms with Gasteiger partial charge in [-0.25, -0.2) is 0 Å². The second kappa shape index (κ2) is 3.27. The van der Waals surface area contributed by atoms with Gasteiger partial charge in [0.15, 0.2) is 0 Å². The van der Waals surface area contributed by atoms with Crippen LogP contribution < -0.4 is 10.6 Å². The van der Waals surface area contributed by atoms with Gasteiger partial charge in [-0.1, -0.05) is 0 Å². The normalized spacial score (nSPS) is 40.4. The van der Waals surface area contributed by atoms with Gasteiger partial charge in [0.2, 0.25) is 5.91 Å². The summed E-state index contributed by atoms with van der Waals surface area (Å²) in [6.45, 7) is 1.57. The Morgan fingerprint density at radius 2 is 2.00 bits per heavy atom. The maximum atomic E-state index is 11.6. The number of aliphatic hydroxyl groups is 1. The molecule has 0 radical (unpaired) electrons. The van der Waals surface area contributed by atoms with E-state index >= 15 is 0 Å². The van der Waals surface area contributed by atoms with Crippen molar-refractivity contribution in [2.45, 2.75) is 37.3 Å². The van der Waals surface area contributed by atoms with Crippen LogP contribution in [0.2, 0.25) is 0 Å². The van der Waals surface area contributed by atoms with E-state index in [1.54, 1.807) is 0 Å².